The van der Waals surface area contributed by atoms with Crippen molar-refractivity contribution in [3.05, 3.63) is 12.2 Å². The smallest absolute Gasteiger partial charge is 0.462 e. The van der Waals surface area contributed by atoms with E-state index in [1.165, 1.54) is 116 Å². The lowest BCUT2D eigenvalue weighted by Gasteiger charge is -2.19. The Balaban J connectivity index is 4.18. The number of carbonyl (C=O) groups is 2. The van der Waals surface area contributed by atoms with Gasteiger partial charge in [-0.25, -0.2) is 4.57 Å². The van der Waals surface area contributed by atoms with E-state index < -0.39 is 26.5 Å². The van der Waals surface area contributed by atoms with Crippen molar-refractivity contribution >= 4 is 19.8 Å². The Morgan fingerprint density at radius 2 is 1.00 bits per heavy atom. The van der Waals surface area contributed by atoms with E-state index >= 15 is 0 Å². The summed E-state index contributed by atoms with van der Waals surface area (Å²) in [6.45, 7) is 3.72. The summed E-state index contributed by atoms with van der Waals surface area (Å²) in [5, 5.41) is 0. The van der Waals surface area contributed by atoms with Crippen LogP contribution >= 0.6 is 7.82 Å². The second kappa shape index (κ2) is 36.5. The second-order valence-electron chi connectivity index (χ2n) is 13.5. The first-order valence-electron chi connectivity index (χ1n) is 20.2. The molecule has 0 aliphatic carbocycles. The summed E-state index contributed by atoms with van der Waals surface area (Å²) in [5.74, 6) is -0.826. The first-order chi connectivity index (χ1) is 23.8. The van der Waals surface area contributed by atoms with Crippen LogP contribution in [0.4, 0.5) is 0 Å². The lowest BCUT2D eigenvalue weighted by molar-refractivity contribution is -0.161. The van der Waals surface area contributed by atoms with Gasteiger partial charge in [0.25, 0.3) is 0 Å². The molecule has 0 bridgehead atoms. The third kappa shape index (κ3) is 36.3. The van der Waals surface area contributed by atoms with Gasteiger partial charge >= 0.3 is 19.8 Å². The average Bonchev–Trinajstić information content (AvgIpc) is 3.08. The van der Waals surface area contributed by atoms with E-state index in [1.54, 1.807) is 0 Å². The molecule has 3 N–H and O–H groups in total. The van der Waals surface area contributed by atoms with Gasteiger partial charge in [-0.3, -0.25) is 18.6 Å². The van der Waals surface area contributed by atoms with Crippen LogP contribution in [0.5, 0.6) is 0 Å². The van der Waals surface area contributed by atoms with Crippen LogP contribution < -0.4 is 5.73 Å². The topological polar surface area (TPSA) is 134 Å². The molecule has 0 rings (SSSR count). The van der Waals surface area contributed by atoms with E-state index in [0.717, 1.165) is 44.9 Å². The summed E-state index contributed by atoms with van der Waals surface area (Å²) >= 11 is 0. The van der Waals surface area contributed by atoms with Crippen LogP contribution in [0.3, 0.4) is 0 Å². The number of unbranched alkanes of at least 4 members (excludes halogenated alkanes) is 23. The van der Waals surface area contributed by atoms with E-state index in [9.17, 15) is 19.0 Å². The molecule has 1 unspecified atom stereocenters. The number of hydrogen-bond acceptors (Lipinski definition) is 8. The molecular weight excluding hydrogens is 641 g/mol. The largest absolute Gasteiger partial charge is 0.472 e. The van der Waals surface area contributed by atoms with Crippen LogP contribution in [-0.4, -0.2) is 49.3 Å². The maximum atomic E-state index is 12.5. The van der Waals surface area contributed by atoms with Gasteiger partial charge in [-0.15, -0.1) is 0 Å². The summed E-state index contributed by atoms with van der Waals surface area (Å²) in [6, 6.07) is 0. The third-order valence-electron chi connectivity index (χ3n) is 8.65. The SMILES string of the molecule is CCCCCCC=CCCCCCCCCCC(=O)O[C@H](COC(=O)CCCCCCCCCCCCCCC)COP(=O)(O)OCCN. The Morgan fingerprint density at radius 3 is 1.47 bits per heavy atom. The molecule has 0 aromatic heterocycles. The van der Waals surface area contributed by atoms with Crippen molar-refractivity contribution in [1.29, 1.82) is 0 Å². The molecule has 0 aliphatic rings. The lowest BCUT2D eigenvalue weighted by Crippen LogP contribution is -2.29. The Bertz CT molecular complexity index is 825. The van der Waals surface area contributed by atoms with Gasteiger partial charge in [0.15, 0.2) is 6.10 Å². The van der Waals surface area contributed by atoms with Gasteiger partial charge in [0, 0.05) is 19.4 Å². The zero-order chi connectivity index (χ0) is 36.1. The predicted octanol–water partition coefficient (Wildman–Crippen LogP) is 11.1. The predicted molar refractivity (Wildman–Crippen MR) is 201 cm³/mol. The highest BCUT2D eigenvalue weighted by atomic mass is 31.2. The minimum atomic E-state index is -4.37. The molecule has 0 saturated heterocycles. The molecule has 0 spiro atoms. The number of rotatable bonds is 38. The maximum Gasteiger partial charge on any atom is 0.472 e. The van der Waals surface area contributed by atoms with Crippen molar-refractivity contribution in [2.75, 3.05) is 26.4 Å². The fraction of sp³-hybridized carbons (Fsp3) is 0.897. The van der Waals surface area contributed by atoms with Crippen molar-refractivity contribution in [1.82, 2.24) is 0 Å². The third-order valence-corrected chi connectivity index (χ3v) is 9.64. The molecule has 0 aliphatic heterocycles. The van der Waals surface area contributed by atoms with Crippen molar-refractivity contribution in [3.63, 3.8) is 0 Å². The Morgan fingerprint density at radius 1 is 0.592 bits per heavy atom. The summed E-state index contributed by atoms with van der Waals surface area (Å²) in [4.78, 5) is 34.7. The summed E-state index contributed by atoms with van der Waals surface area (Å²) in [5.41, 5.74) is 5.33. The standard InChI is InChI=1S/C39H76NO8P/c1-3-5-7-9-11-13-15-17-18-20-22-24-26-28-30-32-39(42)48-37(36-47-49(43,44)46-34-33-40)35-45-38(41)31-29-27-25-23-21-19-16-14-12-10-8-6-4-2/h13,15,37H,3-12,14,16-36,40H2,1-2H3,(H,43,44)/t37-/m1/s1. The number of nitrogens with two attached hydrogens (primary N) is 1. The first kappa shape index (κ1) is 47.8. The normalized spacial score (nSPS) is 13.5. The molecule has 0 aromatic carbocycles. The molecule has 2 atom stereocenters. The van der Waals surface area contributed by atoms with E-state index in [2.05, 4.69) is 26.0 Å². The number of carbonyl (C=O) groups excluding carboxylic acids is 2. The van der Waals surface area contributed by atoms with Crippen LogP contribution in [0, 0.1) is 0 Å². The summed E-state index contributed by atoms with van der Waals surface area (Å²) in [7, 11) is -4.37. The Hall–Kier alpha value is -1.25. The van der Waals surface area contributed by atoms with Gasteiger partial charge in [-0.2, -0.15) is 0 Å². The summed E-state index contributed by atoms with van der Waals surface area (Å²) in [6.07, 6.45) is 35.2. The molecule has 10 heteroatoms. The first-order valence-corrected chi connectivity index (χ1v) is 21.7. The molecule has 49 heavy (non-hydrogen) atoms. The van der Waals surface area contributed by atoms with Crippen molar-refractivity contribution < 1.29 is 37.6 Å². The van der Waals surface area contributed by atoms with E-state index in [4.69, 9.17) is 24.3 Å². The molecule has 9 nitrogen and oxygen atoms in total. The molecule has 290 valence electrons. The van der Waals surface area contributed by atoms with E-state index in [1.807, 2.05) is 0 Å². The van der Waals surface area contributed by atoms with Crippen molar-refractivity contribution in [2.45, 2.75) is 200 Å². The van der Waals surface area contributed by atoms with Gasteiger partial charge in [-0.05, 0) is 38.5 Å². The number of allylic oxidation sites excluding steroid dienone is 2. The monoisotopic (exact) mass is 718 g/mol. The van der Waals surface area contributed by atoms with Crippen LogP contribution in [0.25, 0.3) is 0 Å². The molecule has 0 amide bonds. The van der Waals surface area contributed by atoms with Crippen LogP contribution in [0.1, 0.15) is 194 Å². The number of phosphoric acid groups is 1. The Kier molecular flexibility index (Phi) is 35.6. The average molecular weight is 718 g/mol. The number of esters is 2. The molecule has 0 saturated carbocycles. The highest BCUT2D eigenvalue weighted by Gasteiger charge is 2.26. The highest BCUT2D eigenvalue weighted by molar-refractivity contribution is 7.47. The van der Waals surface area contributed by atoms with Crippen LogP contribution in [0.15, 0.2) is 12.2 Å². The molecule has 0 fully saturated rings. The number of hydrogen-bond donors (Lipinski definition) is 2. The van der Waals surface area contributed by atoms with Gasteiger partial charge in [0.05, 0.1) is 13.2 Å². The fourth-order valence-corrected chi connectivity index (χ4v) is 6.39. The number of phosphoric ester groups is 1. The van der Waals surface area contributed by atoms with Crippen LogP contribution in [0.2, 0.25) is 0 Å². The van der Waals surface area contributed by atoms with E-state index in [0.29, 0.717) is 6.42 Å². The van der Waals surface area contributed by atoms with Gasteiger partial charge in [0.2, 0.25) is 0 Å². The lowest BCUT2D eigenvalue weighted by atomic mass is 10.0. The highest BCUT2D eigenvalue weighted by Crippen LogP contribution is 2.43. The van der Waals surface area contributed by atoms with Crippen molar-refractivity contribution in [3.8, 4) is 0 Å². The van der Waals surface area contributed by atoms with Gasteiger partial charge < -0.3 is 20.1 Å². The molecule has 0 radical (unpaired) electrons. The van der Waals surface area contributed by atoms with Gasteiger partial charge in [-0.1, -0.05) is 154 Å². The fourth-order valence-electron chi connectivity index (χ4n) is 5.63. The molecule has 0 aromatic rings. The Labute approximate surface area is 300 Å². The number of ether oxygens (including phenoxy) is 2. The molecular formula is C39H76NO8P. The zero-order valence-electron chi connectivity index (χ0n) is 31.7. The van der Waals surface area contributed by atoms with Gasteiger partial charge in [0.1, 0.15) is 6.61 Å². The second-order valence-corrected chi connectivity index (χ2v) is 15.0. The summed E-state index contributed by atoms with van der Waals surface area (Å²) < 4.78 is 32.7. The zero-order valence-corrected chi connectivity index (χ0v) is 32.6. The maximum absolute atomic E-state index is 12.5. The van der Waals surface area contributed by atoms with E-state index in [-0.39, 0.29) is 38.6 Å². The minimum absolute atomic E-state index is 0.0553. The molecule has 0 heterocycles. The van der Waals surface area contributed by atoms with Crippen molar-refractivity contribution in [2.24, 2.45) is 5.73 Å². The quantitative estimate of drug-likeness (QED) is 0.0277. The minimum Gasteiger partial charge on any atom is -0.462 e. The van der Waals surface area contributed by atoms with Crippen LogP contribution in [-0.2, 0) is 32.7 Å².